The van der Waals surface area contributed by atoms with Gasteiger partial charge in [0.2, 0.25) is 0 Å². The summed E-state index contributed by atoms with van der Waals surface area (Å²) in [6.07, 6.45) is -0.340. The Hall–Kier alpha value is -0.810. The molecule has 118 valence electrons. The van der Waals surface area contributed by atoms with Crippen molar-refractivity contribution in [2.45, 2.75) is 53.2 Å². The number of nitrogens with one attached hydrogen (secondary N) is 1. The van der Waals surface area contributed by atoms with Gasteiger partial charge < -0.3 is 14.8 Å². The number of ether oxygens (including phenoxy) is 2. The molecule has 0 aliphatic carbocycles. The predicted octanol–water partition coefficient (Wildman–Crippen LogP) is 2.26. The van der Waals surface area contributed by atoms with Crippen LogP contribution in [0.5, 0.6) is 0 Å². The van der Waals surface area contributed by atoms with Gasteiger partial charge in [-0.05, 0) is 26.2 Å². The lowest BCUT2D eigenvalue weighted by Crippen LogP contribution is -2.49. The van der Waals surface area contributed by atoms with Gasteiger partial charge in [0.1, 0.15) is 5.60 Å². The van der Waals surface area contributed by atoms with Gasteiger partial charge in [0.15, 0.2) is 0 Å². The van der Waals surface area contributed by atoms with E-state index in [2.05, 4.69) is 31.0 Å². The molecular formula is C15H30N2O3. The van der Waals surface area contributed by atoms with Crippen LogP contribution in [-0.4, -0.2) is 55.5 Å². The molecule has 1 N–H and O–H groups in total. The van der Waals surface area contributed by atoms with Crippen LogP contribution < -0.4 is 5.32 Å². The predicted molar refractivity (Wildman–Crippen MR) is 79.9 cm³/mol. The maximum atomic E-state index is 11.6. The molecule has 20 heavy (non-hydrogen) atoms. The first-order valence-corrected chi connectivity index (χ1v) is 7.36. The molecule has 1 fully saturated rings. The van der Waals surface area contributed by atoms with Gasteiger partial charge in [-0.2, -0.15) is 0 Å². The highest BCUT2D eigenvalue weighted by molar-refractivity contribution is 5.67. The van der Waals surface area contributed by atoms with Crippen LogP contribution in [0.2, 0.25) is 0 Å². The van der Waals surface area contributed by atoms with E-state index in [-0.39, 0.29) is 17.6 Å². The largest absolute Gasteiger partial charge is 0.444 e. The highest BCUT2D eigenvalue weighted by Crippen LogP contribution is 2.17. The molecule has 0 spiro atoms. The Morgan fingerprint density at radius 1 is 1.30 bits per heavy atom. The minimum Gasteiger partial charge on any atom is -0.444 e. The number of carbonyl (C=O) groups excluding carboxylic acids is 1. The lowest BCUT2D eigenvalue weighted by atomic mass is 9.95. The molecule has 5 nitrogen and oxygen atoms in total. The fourth-order valence-corrected chi connectivity index (χ4v) is 2.23. The summed E-state index contributed by atoms with van der Waals surface area (Å²) >= 11 is 0. The maximum absolute atomic E-state index is 11.6. The van der Waals surface area contributed by atoms with Crippen molar-refractivity contribution in [2.75, 3.05) is 32.8 Å². The number of morpholine rings is 1. The van der Waals surface area contributed by atoms with Gasteiger partial charge >= 0.3 is 6.09 Å². The summed E-state index contributed by atoms with van der Waals surface area (Å²) in [4.78, 5) is 14.0. The molecule has 5 heteroatoms. The van der Waals surface area contributed by atoms with Gasteiger partial charge in [0, 0.05) is 26.2 Å². The number of rotatable bonds is 3. The molecule has 0 aromatic rings. The van der Waals surface area contributed by atoms with Crippen molar-refractivity contribution in [1.82, 2.24) is 10.2 Å². The van der Waals surface area contributed by atoms with Crippen LogP contribution in [0.1, 0.15) is 41.5 Å². The van der Waals surface area contributed by atoms with E-state index in [1.807, 2.05) is 20.8 Å². The molecule has 0 aromatic carbocycles. The molecule has 0 aromatic heterocycles. The van der Waals surface area contributed by atoms with Crippen LogP contribution in [0.3, 0.4) is 0 Å². The zero-order valence-electron chi connectivity index (χ0n) is 13.8. The van der Waals surface area contributed by atoms with Crippen molar-refractivity contribution in [3.05, 3.63) is 0 Å². The van der Waals surface area contributed by atoms with Crippen molar-refractivity contribution in [3.8, 4) is 0 Å². The first kappa shape index (κ1) is 17.2. The fourth-order valence-electron chi connectivity index (χ4n) is 2.23. The average Bonchev–Trinajstić information content (AvgIpc) is 2.22. The van der Waals surface area contributed by atoms with Crippen molar-refractivity contribution in [2.24, 2.45) is 5.41 Å². The summed E-state index contributed by atoms with van der Waals surface area (Å²) in [5.41, 5.74) is -0.184. The van der Waals surface area contributed by atoms with E-state index in [1.165, 1.54) is 0 Å². The average molecular weight is 286 g/mol. The van der Waals surface area contributed by atoms with E-state index in [1.54, 1.807) is 0 Å². The molecule has 1 amide bonds. The highest BCUT2D eigenvalue weighted by Gasteiger charge is 2.25. The number of carbonyl (C=O) groups is 1. The number of hydrogen-bond acceptors (Lipinski definition) is 4. The SMILES string of the molecule is CC(C)(C)CN1CCOC(CNC(=O)OC(C)(C)C)C1. The smallest absolute Gasteiger partial charge is 0.407 e. The molecule has 1 unspecified atom stereocenters. The Morgan fingerprint density at radius 3 is 2.50 bits per heavy atom. The first-order chi connectivity index (χ1) is 9.05. The molecule has 1 aliphatic rings. The summed E-state index contributed by atoms with van der Waals surface area (Å²) in [5.74, 6) is 0. The molecular weight excluding hydrogens is 256 g/mol. The van der Waals surface area contributed by atoms with Crippen molar-refractivity contribution in [1.29, 1.82) is 0 Å². The Kier molecular flexibility index (Phi) is 5.83. The van der Waals surface area contributed by atoms with E-state index in [0.29, 0.717) is 6.54 Å². The van der Waals surface area contributed by atoms with E-state index in [9.17, 15) is 4.79 Å². The van der Waals surface area contributed by atoms with Gasteiger partial charge in [0.25, 0.3) is 0 Å². The van der Waals surface area contributed by atoms with Crippen LogP contribution in [0.4, 0.5) is 4.79 Å². The summed E-state index contributed by atoms with van der Waals surface area (Å²) in [6.45, 7) is 16.3. The standard InChI is InChI=1S/C15H30N2O3/c1-14(2,3)11-17-7-8-19-12(10-17)9-16-13(18)20-15(4,5)6/h12H,7-11H2,1-6H3,(H,16,18). The maximum Gasteiger partial charge on any atom is 0.407 e. The molecule has 1 atom stereocenters. The number of hydrogen-bond donors (Lipinski definition) is 1. The summed E-state index contributed by atoms with van der Waals surface area (Å²) in [7, 11) is 0. The van der Waals surface area contributed by atoms with Crippen molar-refractivity contribution < 1.29 is 14.3 Å². The summed E-state index contributed by atoms with van der Waals surface area (Å²) < 4.78 is 10.9. The second kappa shape index (κ2) is 6.76. The topological polar surface area (TPSA) is 50.8 Å². The van der Waals surface area contributed by atoms with Crippen LogP contribution >= 0.6 is 0 Å². The van der Waals surface area contributed by atoms with E-state index < -0.39 is 5.60 Å². The second-order valence-electron chi connectivity index (χ2n) is 7.67. The third kappa shape index (κ3) is 7.70. The van der Waals surface area contributed by atoms with Crippen LogP contribution in [0.25, 0.3) is 0 Å². The summed E-state index contributed by atoms with van der Waals surface area (Å²) in [5, 5.41) is 2.78. The lowest BCUT2D eigenvalue weighted by Gasteiger charge is -2.36. The number of alkyl carbamates (subject to hydrolysis) is 1. The quantitative estimate of drug-likeness (QED) is 0.864. The lowest BCUT2D eigenvalue weighted by molar-refractivity contribution is -0.0369. The molecule has 1 rings (SSSR count). The van der Waals surface area contributed by atoms with Gasteiger partial charge in [-0.3, -0.25) is 4.90 Å². The minimum absolute atomic E-state index is 0.0404. The van der Waals surface area contributed by atoms with Crippen LogP contribution in [-0.2, 0) is 9.47 Å². The van der Waals surface area contributed by atoms with Gasteiger partial charge in [0.05, 0.1) is 12.7 Å². The van der Waals surface area contributed by atoms with E-state index >= 15 is 0 Å². The monoisotopic (exact) mass is 286 g/mol. The molecule has 0 saturated carbocycles. The normalized spacial score (nSPS) is 21.6. The minimum atomic E-state index is -0.463. The first-order valence-electron chi connectivity index (χ1n) is 7.36. The van der Waals surface area contributed by atoms with Crippen molar-refractivity contribution in [3.63, 3.8) is 0 Å². The Labute approximate surface area is 123 Å². The Morgan fingerprint density at radius 2 is 1.95 bits per heavy atom. The van der Waals surface area contributed by atoms with Crippen LogP contribution in [0.15, 0.2) is 0 Å². The van der Waals surface area contributed by atoms with Gasteiger partial charge in [-0.1, -0.05) is 20.8 Å². The van der Waals surface area contributed by atoms with E-state index in [0.717, 1.165) is 26.2 Å². The van der Waals surface area contributed by atoms with Crippen molar-refractivity contribution >= 4 is 6.09 Å². The third-order valence-corrected chi connectivity index (χ3v) is 2.79. The Bertz CT molecular complexity index is 318. The molecule has 0 bridgehead atoms. The molecule has 0 radical (unpaired) electrons. The summed E-state index contributed by atoms with van der Waals surface area (Å²) in [6, 6.07) is 0. The van der Waals surface area contributed by atoms with Gasteiger partial charge in [-0.25, -0.2) is 4.79 Å². The van der Waals surface area contributed by atoms with E-state index in [4.69, 9.17) is 9.47 Å². The van der Waals surface area contributed by atoms with Crippen LogP contribution in [0, 0.1) is 5.41 Å². The highest BCUT2D eigenvalue weighted by atomic mass is 16.6. The third-order valence-electron chi connectivity index (χ3n) is 2.79. The fraction of sp³-hybridized carbons (Fsp3) is 0.933. The zero-order chi connectivity index (χ0) is 15.4. The van der Waals surface area contributed by atoms with Gasteiger partial charge in [-0.15, -0.1) is 0 Å². The number of amides is 1. The number of nitrogens with zero attached hydrogens (tertiary/aromatic N) is 1. The zero-order valence-corrected chi connectivity index (χ0v) is 13.8. The Balaban J connectivity index is 2.32. The molecule has 1 heterocycles. The second-order valence-corrected chi connectivity index (χ2v) is 7.67. The molecule has 1 aliphatic heterocycles. The molecule has 1 saturated heterocycles.